The molecule has 116 valence electrons. The van der Waals surface area contributed by atoms with Crippen molar-refractivity contribution >= 4 is 11.4 Å². The molecule has 0 aromatic heterocycles. The molecule has 4 nitrogen and oxygen atoms in total. The first-order valence-electron chi connectivity index (χ1n) is 7.72. The number of benzene rings is 2. The van der Waals surface area contributed by atoms with E-state index in [0.29, 0.717) is 6.61 Å². The monoisotopic (exact) mass is 298 g/mol. The fourth-order valence-electron chi connectivity index (χ4n) is 2.75. The average Bonchev–Trinajstić information content (AvgIpc) is 2.78. The predicted molar refractivity (Wildman–Crippen MR) is 90.3 cm³/mol. The number of rotatable bonds is 5. The van der Waals surface area contributed by atoms with Gasteiger partial charge in [-0.3, -0.25) is 0 Å². The van der Waals surface area contributed by atoms with Crippen molar-refractivity contribution in [1.29, 1.82) is 0 Å². The lowest BCUT2D eigenvalue weighted by Crippen LogP contribution is -2.29. The summed E-state index contributed by atoms with van der Waals surface area (Å²) < 4.78 is 11.2. The average molecular weight is 298 g/mol. The highest BCUT2D eigenvalue weighted by molar-refractivity contribution is 5.70. The second-order valence-corrected chi connectivity index (χ2v) is 5.28. The normalized spacial score (nSPS) is 13.8. The Morgan fingerprint density at radius 1 is 1.05 bits per heavy atom. The van der Waals surface area contributed by atoms with Gasteiger partial charge in [0.05, 0.1) is 25.0 Å². The van der Waals surface area contributed by atoms with E-state index in [-0.39, 0.29) is 0 Å². The number of anilines is 2. The Hall–Kier alpha value is -2.36. The molecule has 0 amide bonds. The highest BCUT2D eigenvalue weighted by Gasteiger charge is 2.14. The van der Waals surface area contributed by atoms with Gasteiger partial charge in [0.2, 0.25) is 0 Å². The molecule has 4 heteroatoms. The molecular weight excluding hydrogens is 276 g/mol. The van der Waals surface area contributed by atoms with Crippen LogP contribution < -0.4 is 19.7 Å². The van der Waals surface area contributed by atoms with Crippen molar-refractivity contribution < 1.29 is 9.47 Å². The minimum Gasteiger partial charge on any atom is -0.493 e. The van der Waals surface area contributed by atoms with Crippen molar-refractivity contribution in [2.45, 2.75) is 6.42 Å². The van der Waals surface area contributed by atoms with Crippen LogP contribution in [0.15, 0.2) is 48.5 Å². The van der Waals surface area contributed by atoms with Crippen molar-refractivity contribution in [2.24, 2.45) is 0 Å². The zero-order chi connectivity index (χ0) is 15.2. The summed E-state index contributed by atoms with van der Waals surface area (Å²) in [5.41, 5.74) is 2.46. The maximum absolute atomic E-state index is 5.90. The highest BCUT2D eigenvalue weighted by atomic mass is 16.5. The molecule has 0 radical (unpaired) electrons. The minimum atomic E-state index is 0.634. The van der Waals surface area contributed by atoms with E-state index in [1.807, 2.05) is 24.3 Å². The van der Waals surface area contributed by atoms with Crippen LogP contribution in [0.25, 0.3) is 0 Å². The second-order valence-electron chi connectivity index (χ2n) is 5.28. The first kappa shape index (κ1) is 14.6. The fourth-order valence-corrected chi connectivity index (χ4v) is 2.75. The summed E-state index contributed by atoms with van der Waals surface area (Å²) in [6, 6.07) is 16.2. The first-order chi connectivity index (χ1) is 10.9. The second kappa shape index (κ2) is 7.07. The highest BCUT2D eigenvalue weighted by Crippen LogP contribution is 2.28. The summed E-state index contributed by atoms with van der Waals surface area (Å²) in [6.45, 7) is 3.55. The number of nitrogens with zero attached hydrogens (tertiary/aromatic N) is 1. The van der Waals surface area contributed by atoms with Gasteiger partial charge in [-0.2, -0.15) is 0 Å². The summed E-state index contributed by atoms with van der Waals surface area (Å²) >= 11 is 0. The van der Waals surface area contributed by atoms with Crippen molar-refractivity contribution in [3.05, 3.63) is 48.5 Å². The Kier molecular flexibility index (Phi) is 4.68. The predicted octanol–water partition coefficient (Wildman–Crippen LogP) is 3.40. The van der Waals surface area contributed by atoms with Gasteiger partial charge in [-0.05, 0) is 30.7 Å². The molecule has 1 aliphatic heterocycles. The van der Waals surface area contributed by atoms with E-state index in [1.165, 1.54) is 11.4 Å². The van der Waals surface area contributed by atoms with Crippen molar-refractivity contribution in [3.8, 4) is 11.5 Å². The molecule has 1 aliphatic rings. The van der Waals surface area contributed by atoms with E-state index >= 15 is 0 Å². The molecule has 1 N–H and O–H groups in total. The molecule has 0 aliphatic carbocycles. The van der Waals surface area contributed by atoms with Crippen LogP contribution in [-0.4, -0.2) is 33.4 Å². The van der Waals surface area contributed by atoms with Crippen LogP contribution in [0.4, 0.5) is 11.4 Å². The Balaban J connectivity index is 1.64. The first-order valence-corrected chi connectivity index (χ1v) is 7.72. The third-order valence-electron chi connectivity index (χ3n) is 3.85. The van der Waals surface area contributed by atoms with Crippen LogP contribution in [0.3, 0.4) is 0 Å². The molecule has 0 atom stereocenters. The van der Waals surface area contributed by atoms with Crippen LogP contribution in [-0.2, 0) is 0 Å². The molecule has 0 unspecified atom stereocenters. The number of hydrogen-bond acceptors (Lipinski definition) is 4. The van der Waals surface area contributed by atoms with Crippen molar-refractivity contribution in [1.82, 2.24) is 0 Å². The largest absolute Gasteiger partial charge is 0.493 e. The Morgan fingerprint density at radius 2 is 1.82 bits per heavy atom. The van der Waals surface area contributed by atoms with Crippen LogP contribution in [0.5, 0.6) is 11.5 Å². The van der Waals surface area contributed by atoms with E-state index in [9.17, 15) is 0 Å². The van der Waals surface area contributed by atoms with Gasteiger partial charge in [-0.25, -0.2) is 0 Å². The molecule has 0 fully saturated rings. The van der Waals surface area contributed by atoms with Crippen LogP contribution in [0.2, 0.25) is 0 Å². The number of methoxy groups -OCH3 is 1. The molecule has 1 heterocycles. The van der Waals surface area contributed by atoms with Gasteiger partial charge in [-0.1, -0.05) is 24.3 Å². The van der Waals surface area contributed by atoms with Crippen LogP contribution in [0, 0.1) is 0 Å². The lowest BCUT2D eigenvalue weighted by molar-refractivity contribution is 0.299. The lowest BCUT2D eigenvalue weighted by atomic mass is 10.2. The van der Waals surface area contributed by atoms with Crippen molar-refractivity contribution in [3.63, 3.8) is 0 Å². The van der Waals surface area contributed by atoms with Gasteiger partial charge in [0, 0.05) is 13.1 Å². The summed E-state index contributed by atoms with van der Waals surface area (Å²) in [7, 11) is 1.67. The minimum absolute atomic E-state index is 0.634. The third-order valence-corrected chi connectivity index (χ3v) is 3.85. The summed E-state index contributed by atoms with van der Waals surface area (Å²) in [5.74, 6) is 1.58. The Bertz CT molecular complexity index is 616. The summed E-state index contributed by atoms with van der Waals surface area (Å²) in [5, 5.41) is 3.48. The van der Waals surface area contributed by atoms with E-state index in [2.05, 4.69) is 34.5 Å². The maximum atomic E-state index is 5.90. The molecule has 22 heavy (non-hydrogen) atoms. The lowest BCUT2D eigenvalue weighted by Gasteiger charge is -2.24. The molecule has 0 saturated heterocycles. The van der Waals surface area contributed by atoms with Crippen LogP contribution >= 0.6 is 0 Å². The molecule has 2 aromatic carbocycles. The van der Waals surface area contributed by atoms with E-state index < -0.39 is 0 Å². The summed E-state index contributed by atoms with van der Waals surface area (Å²) in [4.78, 5) is 2.38. The zero-order valence-electron chi connectivity index (χ0n) is 12.9. The smallest absolute Gasteiger partial charge is 0.161 e. The Morgan fingerprint density at radius 3 is 2.68 bits per heavy atom. The third kappa shape index (κ3) is 3.27. The van der Waals surface area contributed by atoms with E-state index in [1.54, 1.807) is 7.11 Å². The van der Waals surface area contributed by atoms with Gasteiger partial charge in [0.15, 0.2) is 11.5 Å². The molecule has 0 saturated carbocycles. The molecule has 0 bridgehead atoms. The van der Waals surface area contributed by atoms with Gasteiger partial charge >= 0.3 is 0 Å². The maximum Gasteiger partial charge on any atom is 0.161 e. The standard InChI is InChI=1S/C18H22N2O2/c1-21-17-9-4-5-10-18(17)22-14-13-20-12-6-11-19-15-7-2-3-8-16(15)20/h2-5,7-10,19H,6,11-14H2,1H3. The molecule has 2 aromatic rings. The quantitative estimate of drug-likeness (QED) is 0.917. The number of fused-ring (bicyclic) bond motifs is 1. The Labute approximate surface area is 131 Å². The topological polar surface area (TPSA) is 33.7 Å². The number of hydrogen-bond donors (Lipinski definition) is 1. The SMILES string of the molecule is COc1ccccc1OCCN1CCCNc2ccccc21. The molecule has 0 spiro atoms. The van der Waals surface area contributed by atoms with Crippen LogP contribution in [0.1, 0.15) is 6.42 Å². The zero-order valence-corrected chi connectivity index (χ0v) is 12.9. The van der Waals surface area contributed by atoms with Gasteiger partial charge in [-0.15, -0.1) is 0 Å². The number of nitrogens with one attached hydrogen (secondary N) is 1. The van der Waals surface area contributed by atoms with Gasteiger partial charge in [0.1, 0.15) is 6.61 Å². The van der Waals surface area contributed by atoms with Gasteiger partial charge in [0.25, 0.3) is 0 Å². The van der Waals surface area contributed by atoms with E-state index in [4.69, 9.17) is 9.47 Å². The fraction of sp³-hybridized carbons (Fsp3) is 0.333. The summed E-state index contributed by atoms with van der Waals surface area (Å²) in [6.07, 6.45) is 1.13. The number of ether oxygens (including phenoxy) is 2. The molecular formula is C18H22N2O2. The van der Waals surface area contributed by atoms with Crippen molar-refractivity contribution in [2.75, 3.05) is 43.6 Å². The molecule has 3 rings (SSSR count). The van der Waals surface area contributed by atoms with Gasteiger partial charge < -0.3 is 19.7 Å². The number of para-hydroxylation sites is 4. The van der Waals surface area contributed by atoms with E-state index in [0.717, 1.165) is 37.6 Å².